The number of ketones is 1. The average Bonchev–Trinajstić information content (AvgIpc) is 3.00. The van der Waals surface area contributed by atoms with Crippen molar-refractivity contribution in [2.45, 2.75) is 25.5 Å². The van der Waals surface area contributed by atoms with Crippen LogP contribution in [0, 0.1) is 0 Å². The Hall–Kier alpha value is -1.95. The van der Waals surface area contributed by atoms with Crippen molar-refractivity contribution in [3.05, 3.63) is 42.1 Å². The summed E-state index contributed by atoms with van der Waals surface area (Å²) in [6, 6.07) is 6.36. The summed E-state index contributed by atoms with van der Waals surface area (Å²) in [5.41, 5.74) is 0.461. The molecule has 0 radical (unpaired) electrons. The van der Waals surface area contributed by atoms with Gasteiger partial charge in [0, 0.05) is 43.5 Å². The predicted octanol–water partition coefficient (Wildman–Crippen LogP) is 2.76. The molecule has 1 atom stereocenters. The summed E-state index contributed by atoms with van der Waals surface area (Å²) in [6.07, 6.45) is 5.88. The van der Waals surface area contributed by atoms with Gasteiger partial charge >= 0.3 is 6.61 Å². The zero-order valence-corrected chi connectivity index (χ0v) is 12.8. The van der Waals surface area contributed by atoms with Crippen LogP contribution in [0.3, 0.4) is 0 Å². The van der Waals surface area contributed by atoms with E-state index in [2.05, 4.69) is 14.5 Å². The first-order chi connectivity index (χ1) is 11.1. The molecule has 0 spiro atoms. The van der Waals surface area contributed by atoms with Crippen LogP contribution in [0.4, 0.5) is 8.78 Å². The number of allylic oxidation sites excluding steroid dienone is 1. The van der Waals surface area contributed by atoms with Crippen molar-refractivity contribution in [1.29, 1.82) is 0 Å². The van der Waals surface area contributed by atoms with E-state index in [1.165, 1.54) is 43.7 Å². The molecule has 2 aliphatic rings. The molecule has 2 fully saturated rings. The van der Waals surface area contributed by atoms with Gasteiger partial charge in [0.25, 0.3) is 0 Å². The van der Waals surface area contributed by atoms with Crippen molar-refractivity contribution in [1.82, 2.24) is 9.80 Å². The smallest absolute Gasteiger partial charge is 0.387 e. The lowest BCUT2D eigenvalue weighted by Gasteiger charge is -2.36. The molecule has 1 unspecified atom stereocenters. The molecule has 0 amide bonds. The van der Waals surface area contributed by atoms with E-state index in [-0.39, 0.29) is 11.5 Å². The number of nitrogens with zero attached hydrogens (tertiary/aromatic N) is 2. The average molecular weight is 322 g/mol. The Morgan fingerprint density at radius 1 is 1.22 bits per heavy atom. The highest BCUT2D eigenvalue weighted by Gasteiger charge is 2.29. The number of carbonyl (C=O) groups is 1. The molecule has 0 aromatic heterocycles. The Labute approximate surface area is 134 Å². The number of hydrogen-bond donors (Lipinski definition) is 0. The molecule has 1 aromatic rings. The molecule has 23 heavy (non-hydrogen) atoms. The van der Waals surface area contributed by atoms with Gasteiger partial charge in [0.05, 0.1) is 0 Å². The summed E-state index contributed by atoms with van der Waals surface area (Å²) in [6.45, 7) is 1.27. The summed E-state index contributed by atoms with van der Waals surface area (Å²) in [5, 5.41) is 0. The van der Waals surface area contributed by atoms with Gasteiger partial charge in [-0.1, -0.05) is 0 Å². The van der Waals surface area contributed by atoms with Gasteiger partial charge in [-0.3, -0.25) is 9.69 Å². The third-order valence-electron chi connectivity index (χ3n) is 4.42. The second kappa shape index (κ2) is 7.08. The van der Waals surface area contributed by atoms with E-state index in [0.717, 1.165) is 19.6 Å². The molecule has 0 N–H and O–H groups in total. The summed E-state index contributed by atoms with van der Waals surface area (Å²) in [4.78, 5) is 16.8. The number of benzene rings is 1. The minimum atomic E-state index is -2.86. The fourth-order valence-corrected chi connectivity index (χ4v) is 3.22. The third kappa shape index (κ3) is 4.07. The Bertz CT molecular complexity index is 574. The lowest BCUT2D eigenvalue weighted by atomic mass is 10.1. The van der Waals surface area contributed by atoms with E-state index in [4.69, 9.17) is 0 Å². The second-order valence-corrected chi connectivity index (χ2v) is 5.91. The van der Waals surface area contributed by atoms with Crippen molar-refractivity contribution in [2.24, 2.45) is 0 Å². The highest BCUT2D eigenvalue weighted by Crippen LogP contribution is 2.21. The SMILES string of the molecule is O=C(C=CN1CCN2CCCC2C1)c1ccc(OC(F)F)cc1. The fourth-order valence-electron chi connectivity index (χ4n) is 3.22. The Balaban J connectivity index is 1.56. The maximum Gasteiger partial charge on any atom is 0.387 e. The molecule has 0 saturated carbocycles. The van der Waals surface area contributed by atoms with Crippen molar-refractivity contribution < 1.29 is 18.3 Å². The van der Waals surface area contributed by atoms with Gasteiger partial charge in [-0.2, -0.15) is 8.78 Å². The summed E-state index contributed by atoms with van der Waals surface area (Å²) < 4.78 is 28.4. The number of rotatable bonds is 5. The molecule has 0 aliphatic carbocycles. The van der Waals surface area contributed by atoms with Gasteiger partial charge in [0.1, 0.15) is 5.75 Å². The van der Waals surface area contributed by atoms with Gasteiger partial charge in [0.15, 0.2) is 5.78 Å². The Morgan fingerprint density at radius 2 is 2.00 bits per heavy atom. The minimum Gasteiger partial charge on any atom is -0.435 e. The summed E-state index contributed by atoms with van der Waals surface area (Å²) in [5.74, 6) is -0.0830. The normalized spacial score (nSPS) is 21.9. The zero-order chi connectivity index (χ0) is 16.2. The maximum absolute atomic E-state index is 12.1. The second-order valence-electron chi connectivity index (χ2n) is 5.91. The molecule has 0 bridgehead atoms. The largest absolute Gasteiger partial charge is 0.435 e. The molecule has 3 rings (SSSR count). The van der Waals surface area contributed by atoms with Crippen LogP contribution in [0.2, 0.25) is 0 Å². The molecule has 2 saturated heterocycles. The molecule has 2 aliphatic heterocycles. The first kappa shape index (κ1) is 15.9. The van der Waals surface area contributed by atoms with Gasteiger partial charge in [-0.05, 0) is 43.7 Å². The van der Waals surface area contributed by atoms with E-state index in [0.29, 0.717) is 11.6 Å². The van der Waals surface area contributed by atoms with E-state index < -0.39 is 6.61 Å². The van der Waals surface area contributed by atoms with Gasteiger partial charge in [-0.25, -0.2) is 0 Å². The number of alkyl halides is 2. The van der Waals surface area contributed by atoms with Crippen molar-refractivity contribution in [3.63, 3.8) is 0 Å². The third-order valence-corrected chi connectivity index (χ3v) is 4.42. The first-order valence-electron chi connectivity index (χ1n) is 7.87. The van der Waals surface area contributed by atoms with E-state index in [1.54, 1.807) is 6.08 Å². The standard InChI is InChI=1S/C17H20F2N2O2/c18-17(19)23-15-5-3-13(4-6-15)16(22)7-9-20-10-11-21-8-1-2-14(21)12-20/h3-7,9,14,17H,1-2,8,10-12H2. The molecule has 6 heteroatoms. The van der Waals surface area contributed by atoms with E-state index >= 15 is 0 Å². The van der Waals surface area contributed by atoms with Crippen LogP contribution < -0.4 is 4.74 Å². The molecular weight excluding hydrogens is 302 g/mol. The number of carbonyl (C=O) groups excluding carboxylic acids is 1. The van der Waals surface area contributed by atoms with Gasteiger partial charge in [0.2, 0.25) is 0 Å². The van der Waals surface area contributed by atoms with E-state index in [1.807, 2.05) is 6.20 Å². The van der Waals surface area contributed by atoms with Crippen LogP contribution in [-0.4, -0.2) is 54.4 Å². The lowest BCUT2D eigenvalue weighted by Crippen LogP contribution is -2.47. The molecule has 1 aromatic carbocycles. The van der Waals surface area contributed by atoms with Crippen molar-refractivity contribution in [3.8, 4) is 5.75 Å². The highest BCUT2D eigenvalue weighted by atomic mass is 19.3. The van der Waals surface area contributed by atoms with Crippen LogP contribution in [0.15, 0.2) is 36.5 Å². The van der Waals surface area contributed by atoms with Crippen molar-refractivity contribution >= 4 is 5.78 Å². The molecule has 124 valence electrons. The highest BCUT2D eigenvalue weighted by molar-refractivity contribution is 6.04. The monoisotopic (exact) mass is 322 g/mol. The maximum atomic E-state index is 12.1. The molecule has 4 nitrogen and oxygen atoms in total. The Morgan fingerprint density at radius 3 is 2.74 bits per heavy atom. The number of halogens is 2. The van der Waals surface area contributed by atoms with Crippen LogP contribution in [0.25, 0.3) is 0 Å². The zero-order valence-electron chi connectivity index (χ0n) is 12.8. The predicted molar refractivity (Wildman–Crippen MR) is 82.7 cm³/mol. The lowest BCUT2D eigenvalue weighted by molar-refractivity contribution is -0.0498. The molecular formula is C17H20F2N2O2. The quantitative estimate of drug-likeness (QED) is 0.616. The van der Waals surface area contributed by atoms with Crippen LogP contribution in [0.1, 0.15) is 23.2 Å². The Kier molecular flexibility index (Phi) is 4.91. The molecule has 2 heterocycles. The topological polar surface area (TPSA) is 32.8 Å². The van der Waals surface area contributed by atoms with Crippen LogP contribution in [-0.2, 0) is 0 Å². The minimum absolute atomic E-state index is 0.0536. The first-order valence-corrected chi connectivity index (χ1v) is 7.87. The summed E-state index contributed by atoms with van der Waals surface area (Å²) >= 11 is 0. The number of fused-ring (bicyclic) bond motifs is 1. The summed E-state index contributed by atoms with van der Waals surface area (Å²) in [7, 11) is 0. The fraction of sp³-hybridized carbons (Fsp3) is 0.471. The van der Waals surface area contributed by atoms with Crippen LogP contribution in [0.5, 0.6) is 5.75 Å². The van der Waals surface area contributed by atoms with Gasteiger partial charge < -0.3 is 9.64 Å². The van der Waals surface area contributed by atoms with E-state index in [9.17, 15) is 13.6 Å². The number of ether oxygens (including phenoxy) is 1. The number of piperazine rings is 1. The number of hydrogen-bond acceptors (Lipinski definition) is 4. The van der Waals surface area contributed by atoms with Crippen LogP contribution >= 0.6 is 0 Å². The van der Waals surface area contributed by atoms with Gasteiger partial charge in [-0.15, -0.1) is 0 Å². The van der Waals surface area contributed by atoms with Crippen molar-refractivity contribution in [2.75, 3.05) is 26.2 Å².